The summed E-state index contributed by atoms with van der Waals surface area (Å²) in [5.74, 6) is -2.04. The van der Waals surface area contributed by atoms with Gasteiger partial charge in [0.1, 0.15) is 23.4 Å². The SMILES string of the molecule is CCN(C)C(=O)Cn1c(=O)c(C(=O)NCCOC)c(O)c2ncc(Cc3ccc(F)cc3)cc21. The molecule has 0 aliphatic carbocycles. The summed E-state index contributed by atoms with van der Waals surface area (Å²) in [4.78, 5) is 44.4. The smallest absolute Gasteiger partial charge is 0.268 e. The lowest BCUT2D eigenvalue weighted by Gasteiger charge is -2.18. The third-order valence-electron chi connectivity index (χ3n) is 5.47. The number of hydrogen-bond donors (Lipinski definition) is 2. The zero-order valence-electron chi connectivity index (χ0n) is 19.3. The number of benzene rings is 1. The van der Waals surface area contributed by atoms with Gasteiger partial charge in [-0.3, -0.25) is 23.9 Å². The summed E-state index contributed by atoms with van der Waals surface area (Å²) in [6.45, 7) is 2.25. The average molecular weight is 471 g/mol. The molecule has 10 heteroatoms. The highest BCUT2D eigenvalue weighted by Gasteiger charge is 2.24. The molecule has 0 radical (unpaired) electrons. The first-order chi connectivity index (χ1) is 16.3. The molecule has 34 heavy (non-hydrogen) atoms. The Morgan fingerprint density at radius 3 is 2.59 bits per heavy atom. The van der Waals surface area contributed by atoms with E-state index in [0.29, 0.717) is 18.5 Å². The Morgan fingerprint density at radius 2 is 1.94 bits per heavy atom. The molecule has 0 saturated heterocycles. The fourth-order valence-electron chi connectivity index (χ4n) is 3.43. The lowest BCUT2D eigenvalue weighted by molar-refractivity contribution is -0.130. The minimum Gasteiger partial charge on any atom is -0.505 e. The van der Waals surface area contributed by atoms with Gasteiger partial charge in [0.15, 0.2) is 5.75 Å². The average Bonchev–Trinajstić information content (AvgIpc) is 2.82. The first kappa shape index (κ1) is 24.8. The molecular formula is C24H27FN4O5. The van der Waals surface area contributed by atoms with Crippen LogP contribution in [0.2, 0.25) is 0 Å². The topological polar surface area (TPSA) is 114 Å². The van der Waals surface area contributed by atoms with Crippen molar-refractivity contribution >= 4 is 22.8 Å². The van der Waals surface area contributed by atoms with Crippen molar-refractivity contribution in [3.05, 3.63) is 69.4 Å². The van der Waals surface area contributed by atoms with Gasteiger partial charge in [-0.15, -0.1) is 0 Å². The van der Waals surface area contributed by atoms with Crippen molar-refractivity contribution in [1.29, 1.82) is 0 Å². The summed E-state index contributed by atoms with van der Waals surface area (Å²) in [7, 11) is 3.07. The number of fused-ring (bicyclic) bond motifs is 1. The van der Waals surface area contributed by atoms with E-state index in [2.05, 4.69) is 10.3 Å². The normalized spacial score (nSPS) is 10.9. The molecule has 1 aromatic carbocycles. The van der Waals surface area contributed by atoms with Gasteiger partial charge in [-0.1, -0.05) is 12.1 Å². The number of halogens is 1. The van der Waals surface area contributed by atoms with E-state index in [1.165, 1.54) is 30.3 Å². The van der Waals surface area contributed by atoms with Crippen LogP contribution in [-0.2, 0) is 22.5 Å². The molecule has 9 nitrogen and oxygen atoms in total. The number of pyridine rings is 2. The van der Waals surface area contributed by atoms with Crippen LogP contribution in [0.5, 0.6) is 5.75 Å². The molecule has 0 aliphatic rings. The van der Waals surface area contributed by atoms with E-state index in [1.54, 1.807) is 32.2 Å². The molecule has 0 spiro atoms. The monoisotopic (exact) mass is 470 g/mol. The minimum absolute atomic E-state index is 0.0197. The summed E-state index contributed by atoms with van der Waals surface area (Å²) in [6, 6.07) is 7.60. The molecule has 2 amide bonds. The second kappa shape index (κ2) is 10.9. The zero-order chi connectivity index (χ0) is 24.8. The Hall–Kier alpha value is -3.79. The summed E-state index contributed by atoms with van der Waals surface area (Å²) in [5, 5.41) is 13.3. The molecular weight excluding hydrogens is 443 g/mol. The Bertz CT molecular complexity index is 1260. The highest BCUT2D eigenvalue weighted by atomic mass is 19.1. The van der Waals surface area contributed by atoms with Crippen molar-refractivity contribution in [2.75, 3.05) is 33.9 Å². The predicted molar refractivity (Wildman–Crippen MR) is 124 cm³/mol. The summed E-state index contributed by atoms with van der Waals surface area (Å²) >= 11 is 0. The molecule has 0 bridgehead atoms. The number of aromatic hydroxyl groups is 1. The van der Waals surface area contributed by atoms with Crippen molar-refractivity contribution in [2.45, 2.75) is 19.9 Å². The Morgan fingerprint density at radius 1 is 1.24 bits per heavy atom. The van der Waals surface area contributed by atoms with Crippen molar-refractivity contribution in [1.82, 2.24) is 19.8 Å². The zero-order valence-corrected chi connectivity index (χ0v) is 19.3. The highest BCUT2D eigenvalue weighted by molar-refractivity contribution is 6.01. The summed E-state index contributed by atoms with van der Waals surface area (Å²) in [6.07, 6.45) is 1.90. The molecule has 3 rings (SSSR count). The van der Waals surface area contributed by atoms with Crippen LogP contribution in [0.3, 0.4) is 0 Å². The Labute approximate surface area is 195 Å². The number of amides is 2. The maximum atomic E-state index is 13.3. The number of likely N-dealkylation sites (N-methyl/N-ethyl adjacent to an activating group) is 1. The molecule has 0 atom stereocenters. The third-order valence-corrected chi connectivity index (χ3v) is 5.47. The number of ether oxygens (including phenoxy) is 1. The van der Waals surface area contributed by atoms with E-state index < -0.39 is 22.8 Å². The maximum absolute atomic E-state index is 13.3. The number of carbonyl (C=O) groups is 2. The van der Waals surface area contributed by atoms with Gasteiger partial charge < -0.3 is 20.1 Å². The second-order valence-electron chi connectivity index (χ2n) is 7.79. The number of carbonyl (C=O) groups excluding carboxylic acids is 2. The van der Waals surface area contributed by atoms with Gasteiger partial charge >= 0.3 is 0 Å². The third kappa shape index (κ3) is 5.40. The van der Waals surface area contributed by atoms with Gasteiger partial charge in [-0.05, 0) is 42.7 Å². The number of nitrogens with zero attached hydrogens (tertiary/aromatic N) is 3. The molecule has 2 aromatic heterocycles. The van der Waals surface area contributed by atoms with Crippen LogP contribution in [-0.4, -0.2) is 65.2 Å². The molecule has 3 aromatic rings. The van der Waals surface area contributed by atoms with E-state index in [-0.39, 0.29) is 42.5 Å². The number of aromatic nitrogens is 2. The van der Waals surface area contributed by atoms with Gasteiger partial charge in [-0.2, -0.15) is 0 Å². The van der Waals surface area contributed by atoms with Gasteiger partial charge in [-0.25, -0.2) is 4.39 Å². The lowest BCUT2D eigenvalue weighted by atomic mass is 10.1. The predicted octanol–water partition coefficient (Wildman–Crippen LogP) is 1.69. The summed E-state index contributed by atoms with van der Waals surface area (Å²) < 4.78 is 19.3. The molecule has 2 N–H and O–H groups in total. The molecule has 2 heterocycles. The van der Waals surface area contributed by atoms with Crippen molar-refractivity contribution in [2.24, 2.45) is 0 Å². The van der Waals surface area contributed by atoms with Crippen molar-refractivity contribution in [3.63, 3.8) is 0 Å². The van der Waals surface area contributed by atoms with Crippen LogP contribution >= 0.6 is 0 Å². The number of nitrogens with one attached hydrogen (secondary N) is 1. The number of methoxy groups -OCH3 is 1. The van der Waals surface area contributed by atoms with E-state index in [0.717, 1.165) is 10.1 Å². The minimum atomic E-state index is -0.807. The summed E-state index contributed by atoms with van der Waals surface area (Å²) in [5.41, 5.74) is 0.435. The van der Waals surface area contributed by atoms with Gasteiger partial charge in [0, 0.05) is 33.4 Å². The fourth-order valence-corrected chi connectivity index (χ4v) is 3.43. The Balaban J connectivity index is 2.13. The Kier molecular flexibility index (Phi) is 7.95. The van der Waals surface area contributed by atoms with E-state index in [4.69, 9.17) is 4.74 Å². The van der Waals surface area contributed by atoms with Crippen LogP contribution in [0.1, 0.15) is 28.4 Å². The molecule has 0 saturated carbocycles. The standard InChI is InChI=1S/C24H27FN4O5/c1-4-28(2)19(30)14-29-18-12-16(11-15-5-7-17(25)8-6-15)13-27-21(18)22(31)20(24(29)33)23(32)26-9-10-34-3/h5-8,12-13,31H,4,9-11,14H2,1-3H3,(H,26,32). The van der Waals surface area contributed by atoms with Crippen LogP contribution in [0, 0.1) is 5.82 Å². The van der Waals surface area contributed by atoms with E-state index >= 15 is 0 Å². The molecule has 180 valence electrons. The van der Waals surface area contributed by atoms with Crippen LogP contribution in [0.25, 0.3) is 11.0 Å². The molecule has 0 unspecified atom stereocenters. The molecule has 0 fully saturated rings. The maximum Gasteiger partial charge on any atom is 0.268 e. The van der Waals surface area contributed by atoms with Gasteiger partial charge in [0.2, 0.25) is 5.91 Å². The molecule has 0 aliphatic heterocycles. The van der Waals surface area contributed by atoms with E-state index in [9.17, 15) is 23.9 Å². The van der Waals surface area contributed by atoms with Gasteiger partial charge in [0.05, 0.1) is 12.1 Å². The van der Waals surface area contributed by atoms with Crippen molar-refractivity contribution in [3.8, 4) is 5.75 Å². The quantitative estimate of drug-likeness (QED) is 0.460. The number of hydrogen-bond acceptors (Lipinski definition) is 6. The van der Waals surface area contributed by atoms with Gasteiger partial charge in [0.25, 0.3) is 11.5 Å². The number of rotatable bonds is 9. The largest absolute Gasteiger partial charge is 0.505 e. The van der Waals surface area contributed by atoms with Crippen molar-refractivity contribution < 1.29 is 23.8 Å². The van der Waals surface area contributed by atoms with Crippen LogP contribution in [0.15, 0.2) is 41.3 Å². The van der Waals surface area contributed by atoms with Crippen LogP contribution < -0.4 is 10.9 Å². The lowest BCUT2D eigenvalue weighted by Crippen LogP contribution is -2.38. The first-order valence-electron chi connectivity index (χ1n) is 10.8. The van der Waals surface area contributed by atoms with Crippen LogP contribution in [0.4, 0.5) is 4.39 Å². The fraction of sp³-hybridized carbons (Fsp3) is 0.333. The first-order valence-corrected chi connectivity index (χ1v) is 10.8. The van der Waals surface area contributed by atoms with E-state index in [1.807, 2.05) is 0 Å². The second-order valence-corrected chi connectivity index (χ2v) is 7.79. The highest BCUT2D eigenvalue weighted by Crippen LogP contribution is 2.26.